The summed E-state index contributed by atoms with van der Waals surface area (Å²) in [4.78, 5) is 4.42. The second kappa shape index (κ2) is 7.41. The molecular weight excluding hydrogens is 367 g/mol. The first-order valence-corrected chi connectivity index (χ1v) is 8.81. The van der Waals surface area contributed by atoms with Crippen molar-refractivity contribution in [2.45, 2.75) is 31.6 Å². The van der Waals surface area contributed by atoms with Crippen molar-refractivity contribution in [1.82, 2.24) is 4.98 Å². The number of anilines is 1. The molecule has 2 aromatic carbocycles. The van der Waals surface area contributed by atoms with Crippen molar-refractivity contribution in [2.75, 3.05) is 11.9 Å². The molecule has 0 aliphatic heterocycles. The zero-order chi connectivity index (χ0) is 20.5. The van der Waals surface area contributed by atoms with Crippen molar-refractivity contribution < 1.29 is 18.3 Å². The highest BCUT2D eigenvalue weighted by Gasteiger charge is 2.57. The highest BCUT2D eigenvalue weighted by Crippen LogP contribution is 2.40. The minimum Gasteiger partial charge on any atom is -0.394 e. The molecule has 0 aliphatic carbocycles. The Hall–Kier alpha value is -2.64. The standard InChI is InChI=1S/C21H22F3N3O/c1-13-6-9-15(10-7-13)19(20(25,12-28)21(22,23)24)27-18-5-3-4-17-16(18)11-8-14(2)26-17/h3-11,19,27-28H,12,25H2,1-2H3. The summed E-state index contributed by atoms with van der Waals surface area (Å²) in [6.45, 7) is 2.43. The van der Waals surface area contributed by atoms with Gasteiger partial charge in [0.1, 0.15) is 0 Å². The van der Waals surface area contributed by atoms with E-state index in [1.165, 1.54) is 0 Å². The van der Waals surface area contributed by atoms with Gasteiger partial charge < -0.3 is 16.2 Å². The van der Waals surface area contributed by atoms with Gasteiger partial charge in [-0.25, -0.2) is 0 Å². The number of halogens is 3. The number of benzene rings is 2. The molecule has 3 rings (SSSR count). The lowest BCUT2D eigenvalue weighted by atomic mass is 9.85. The van der Waals surface area contributed by atoms with Crippen LogP contribution in [0.4, 0.5) is 18.9 Å². The molecule has 2 atom stereocenters. The summed E-state index contributed by atoms with van der Waals surface area (Å²) in [5.41, 5.74) is 6.04. The Morgan fingerprint density at radius 2 is 1.71 bits per heavy atom. The number of hydrogen-bond donors (Lipinski definition) is 3. The van der Waals surface area contributed by atoms with Gasteiger partial charge >= 0.3 is 6.18 Å². The van der Waals surface area contributed by atoms with E-state index >= 15 is 0 Å². The third-order valence-electron chi connectivity index (χ3n) is 4.89. The fraction of sp³-hybridized carbons (Fsp3) is 0.286. The van der Waals surface area contributed by atoms with E-state index in [9.17, 15) is 18.3 Å². The third-order valence-corrected chi connectivity index (χ3v) is 4.89. The van der Waals surface area contributed by atoms with Gasteiger partial charge in [-0.2, -0.15) is 13.2 Å². The van der Waals surface area contributed by atoms with Crippen LogP contribution in [0.25, 0.3) is 10.9 Å². The first-order chi connectivity index (χ1) is 13.2. The summed E-state index contributed by atoms with van der Waals surface area (Å²) in [5, 5.41) is 13.2. The summed E-state index contributed by atoms with van der Waals surface area (Å²) in [6, 6.07) is 14.0. The Labute approximate surface area is 161 Å². The molecule has 1 aromatic heterocycles. The number of aliphatic hydroxyl groups excluding tert-OH is 1. The van der Waals surface area contributed by atoms with Crippen molar-refractivity contribution in [1.29, 1.82) is 0 Å². The Balaban J connectivity index is 2.14. The molecule has 0 saturated carbocycles. The molecule has 0 saturated heterocycles. The number of nitrogens with one attached hydrogen (secondary N) is 1. The van der Waals surface area contributed by atoms with Crippen LogP contribution in [0, 0.1) is 13.8 Å². The predicted molar refractivity (Wildman–Crippen MR) is 104 cm³/mol. The lowest BCUT2D eigenvalue weighted by molar-refractivity contribution is -0.200. The number of rotatable bonds is 5. The van der Waals surface area contributed by atoms with Gasteiger partial charge in [-0.3, -0.25) is 4.98 Å². The zero-order valence-electron chi connectivity index (χ0n) is 15.6. The highest BCUT2D eigenvalue weighted by molar-refractivity contribution is 5.91. The molecule has 0 fully saturated rings. The van der Waals surface area contributed by atoms with Crippen LogP contribution in [0.5, 0.6) is 0 Å². The molecule has 1 heterocycles. The lowest BCUT2D eigenvalue weighted by Crippen LogP contribution is -2.62. The Bertz CT molecular complexity index is 973. The number of nitrogens with two attached hydrogens (primary N) is 1. The molecule has 3 aromatic rings. The van der Waals surface area contributed by atoms with Crippen molar-refractivity contribution in [3.05, 3.63) is 71.4 Å². The molecule has 0 amide bonds. The third kappa shape index (κ3) is 3.68. The summed E-state index contributed by atoms with van der Waals surface area (Å²) in [7, 11) is 0. The topological polar surface area (TPSA) is 71.2 Å². The molecule has 28 heavy (non-hydrogen) atoms. The normalized spacial score (nSPS) is 15.2. The maximum Gasteiger partial charge on any atom is 0.410 e. The number of nitrogens with zero attached hydrogens (tertiary/aromatic N) is 1. The minimum atomic E-state index is -4.83. The molecule has 0 spiro atoms. The van der Waals surface area contributed by atoms with Crippen LogP contribution in [0.2, 0.25) is 0 Å². The average molecular weight is 389 g/mol. The fourth-order valence-corrected chi connectivity index (χ4v) is 3.15. The van der Waals surface area contributed by atoms with Gasteiger partial charge in [0.25, 0.3) is 0 Å². The van der Waals surface area contributed by atoms with Crippen molar-refractivity contribution in [3.63, 3.8) is 0 Å². The van der Waals surface area contributed by atoms with Crippen LogP contribution in [0.15, 0.2) is 54.6 Å². The maximum atomic E-state index is 13.9. The number of aromatic nitrogens is 1. The molecule has 4 N–H and O–H groups in total. The fourth-order valence-electron chi connectivity index (χ4n) is 3.15. The Morgan fingerprint density at radius 3 is 2.32 bits per heavy atom. The van der Waals surface area contributed by atoms with E-state index in [-0.39, 0.29) is 0 Å². The number of pyridine rings is 1. The van der Waals surface area contributed by atoms with Gasteiger partial charge in [0.15, 0.2) is 5.54 Å². The van der Waals surface area contributed by atoms with Gasteiger partial charge in [0, 0.05) is 16.8 Å². The number of fused-ring (bicyclic) bond motifs is 1. The van der Waals surface area contributed by atoms with Gasteiger partial charge in [0.2, 0.25) is 0 Å². The van der Waals surface area contributed by atoms with Crippen LogP contribution >= 0.6 is 0 Å². The summed E-state index contributed by atoms with van der Waals surface area (Å²) in [5.74, 6) is 0. The average Bonchev–Trinajstić information content (AvgIpc) is 2.65. The Kier molecular flexibility index (Phi) is 5.32. The molecular formula is C21H22F3N3O. The van der Waals surface area contributed by atoms with E-state index in [1.807, 2.05) is 13.8 Å². The number of aliphatic hydroxyl groups is 1. The van der Waals surface area contributed by atoms with Gasteiger partial charge in [-0.15, -0.1) is 0 Å². The summed E-state index contributed by atoms with van der Waals surface area (Å²) >= 11 is 0. The minimum absolute atomic E-state index is 0.330. The van der Waals surface area contributed by atoms with E-state index in [2.05, 4.69) is 10.3 Å². The zero-order valence-corrected chi connectivity index (χ0v) is 15.6. The summed E-state index contributed by atoms with van der Waals surface area (Å²) < 4.78 is 41.6. The molecule has 4 nitrogen and oxygen atoms in total. The molecule has 0 bridgehead atoms. The quantitative estimate of drug-likeness (QED) is 0.610. The van der Waals surface area contributed by atoms with Crippen LogP contribution < -0.4 is 11.1 Å². The SMILES string of the molecule is Cc1ccc(C(Nc2cccc3nc(C)ccc23)C(N)(CO)C(F)(F)F)cc1. The largest absolute Gasteiger partial charge is 0.410 e. The van der Waals surface area contributed by atoms with Crippen LogP contribution in [0.1, 0.15) is 22.9 Å². The van der Waals surface area contributed by atoms with Gasteiger partial charge in [-0.1, -0.05) is 35.9 Å². The predicted octanol–water partition coefficient (Wildman–Crippen LogP) is 4.26. The van der Waals surface area contributed by atoms with Crippen LogP contribution in [0.3, 0.4) is 0 Å². The molecule has 148 valence electrons. The number of aryl methyl sites for hydroxylation is 2. The first-order valence-electron chi connectivity index (χ1n) is 8.81. The maximum absolute atomic E-state index is 13.9. The second-order valence-corrected chi connectivity index (χ2v) is 7.01. The van der Waals surface area contributed by atoms with Crippen LogP contribution in [-0.4, -0.2) is 28.4 Å². The van der Waals surface area contributed by atoms with Crippen molar-refractivity contribution in [3.8, 4) is 0 Å². The van der Waals surface area contributed by atoms with Gasteiger partial charge in [-0.05, 0) is 43.7 Å². The lowest BCUT2D eigenvalue weighted by Gasteiger charge is -2.39. The smallest absolute Gasteiger partial charge is 0.394 e. The Morgan fingerprint density at radius 1 is 1.04 bits per heavy atom. The van der Waals surface area contributed by atoms with Crippen molar-refractivity contribution in [2.24, 2.45) is 5.73 Å². The summed E-state index contributed by atoms with van der Waals surface area (Å²) in [6.07, 6.45) is -4.83. The van der Waals surface area contributed by atoms with Crippen molar-refractivity contribution >= 4 is 16.6 Å². The molecule has 7 heteroatoms. The number of alkyl halides is 3. The molecule has 2 unspecified atom stereocenters. The van der Waals surface area contributed by atoms with E-state index in [4.69, 9.17) is 5.73 Å². The van der Waals surface area contributed by atoms with Gasteiger partial charge in [0.05, 0.1) is 18.2 Å². The first kappa shape index (κ1) is 20.1. The second-order valence-electron chi connectivity index (χ2n) is 7.01. The number of hydrogen-bond acceptors (Lipinski definition) is 4. The van der Waals surface area contributed by atoms with E-state index in [0.717, 1.165) is 11.3 Å². The monoisotopic (exact) mass is 389 g/mol. The highest BCUT2D eigenvalue weighted by atomic mass is 19.4. The molecule has 0 aliphatic rings. The van der Waals surface area contributed by atoms with E-state index in [0.29, 0.717) is 22.2 Å². The molecule has 0 radical (unpaired) electrons. The van der Waals surface area contributed by atoms with E-state index in [1.54, 1.807) is 54.6 Å². The van der Waals surface area contributed by atoms with E-state index < -0.39 is 24.4 Å². The van der Waals surface area contributed by atoms with Crippen LogP contribution in [-0.2, 0) is 0 Å².